The lowest BCUT2D eigenvalue weighted by molar-refractivity contribution is -0.838. The average molecular weight is 596 g/mol. The standard InChI is InChI=1S/C27H26Cl2F3N5O3/c1-36(2)11-10-33-23-9-5-15-13-22(37(39)26(40-3)24(15)35-23)18-7-6-17(14-21(18)29)34-25(38)16-4-8-20(28)19(12-16)27(30,31)32/h4-9,12-14,26,37H,10-11H2,1-3H3,(H,33,35)(H,34,38). The predicted octanol–water partition coefficient (Wildman–Crippen LogP) is 5.17. The third kappa shape index (κ3) is 6.57. The molecule has 0 spiro atoms. The lowest BCUT2D eigenvalue weighted by Crippen LogP contribution is -3.05. The van der Waals surface area contributed by atoms with E-state index in [0.29, 0.717) is 40.9 Å². The third-order valence-electron chi connectivity index (χ3n) is 6.16. The Bertz CT molecular complexity index is 1450. The summed E-state index contributed by atoms with van der Waals surface area (Å²) < 4.78 is 45.1. The number of alkyl halides is 3. The maximum absolute atomic E-state index is 13.4. The molecule has 1 aliphatic rings. The predicted molar refractivity (Wildman–Crippen MR) is 149 cm³/mol. The van der Waals surface area contributed by atoms with E-state index in [2.05, 4.69) is 15.6 Å². The summed E-state index contributed by atoms with van der Waals surface area (Å²) in [5.41, 5.74) is 0.747. The number of amides is 1. The minimum Gasteiger partial charge on any atom is -0.627 e. The summed E-state index contributed by atoms with van der Waals surface area (Å²) in [7, 11) is 5.35. The van der Waals surface area contributed by atoms with E-state index < -0.39 is 28.9 Å². The molecule has 0 saturated heterocycles. The molecule has 0 aliphatic carbocycles. The van der Waals surface area contributed by atoms with Gasteiger partial charge in [0.05, 0.1) is 21.2 Å². The fourth-order valence-electron chi connectivity index (χ4n) is 4.14. The second-order valence-electron chi connectivity index (χ2n) is 9.28. The number of anilines is 2. The minimum absolute atomic E-state index is 0.151. The first-order valence-electron chi connectivity index (χ1n) is 12.0. The van der Waals surface area contributed by atoms with Crippen molar-refractivity contribution in [3.8, 4) is 0 Å². The van der Waals surface area contributed by atoms with E-state index in [1.165, 1.54) is 25.3 Å². The summed E-state index contributed by atoms with van der Waals surface area (Å²) in [6, 6.07) is 11.0. The Morgan fingerprint density at radius 2 is 1.88 bits per heavy atom. The number of benzene rings is 2. The van der Waals surface area contributed by atoms with Gasteiger partial charge in [-0.1, -0.05) is 23.2 Å². The molecule has 1 aliphatic heterocycles. The number of aromatic nitrogens is 1. The molecule has 0 fully saturated rings. The van der Waals surface area contributed by atoms with Crippen molar-refractivity contribution in [3.05, 3.63) is 91.7 Å². The van der Waals surface area contributed by atoms with Gasteiger partial charge in [-0.05, 0) is 62.6 Å². The van der Waals surface area contributed by atoms with Crippen LogP contribution in [-0.4, -0.2) is 50.1 Å². The Labute approximate surface area is 238 Å². The summed E-state index contributed by atoms with van der Waals surface area (Å²) >= 11 is 12.1. The number of carbonyl (C=O) groups is 1. The molecule has 2 heterocycles. The second-order valence-corrected chi connectivity index (χ2v) is 10.1. The van der Waals surface area contributed by atoms with E-state index in [9.17, 15) is 23.2 Å². The Balaban J connectivity index is 1.57. The molecule has 4 rings (SSSR count). The summed E-state index contributed by atoms with van der Waals surface area (Å²) in [4.78, 5) is 19.3. The van der Waals surface area contributed by atoms with E-state index in [-0.39, 0.29) is 21.3 Å². The number of likely N-dealkylation sites (N-methyl/N-ethyl adjacent to an activating group) is 1. The van der Waals surface area contributed by atoms with Gasteiger partial charge in [0, 0.05) is 43.1 Å². The number of methoxy groups -OCH3 is 1. The van der Waals surface area contributed by atoms with Crippen LogP contribution in [0.25, 0.3) is 11.8 Å². The van der Waals surface area contributed by atoms with Crippen LogP contribution in [-0.2, 0) is 10.9 Å². The van der Waals surface area contributed by atoms with Crippen molar-refractivity contribution < 1.29 is 27.8 Å². The van der Waals surface area contributed by atoms with E-state index >= 15 is 0 Å². The van der Waals surface area contributed by atoms with Gasteiger partial charge >= 0.3 is 6.18 Å². The van der Waals surface area contributed by atoms with E-state index in [0.717, 1.165) is 12.6 Å². The number of hydroxylamine groups is 2. The number of nitrogens with zero attached hydrogens (tertiary/aromatic N) is 2. The van der Waals surface area contributed by atoms with Crippen molar-refractivity contribution in [2.75, 3.05) is 44.9 Å². The molecule has 1 aromatic heterocycles. The zero-order valence-corrected chi connectivity index (χ0v) is 23.2. The lowest BCUT2D eigenvalue weighted by atomic mass is 10.0. The van der Waals surface area contributed by atoms with Crippen LogP contribution in [0.15, 0.2) is 48.5 Å². The first-order chi connectivity index (χ1) is 18.9. The lowest BCUT2D eigenvalue weighted by Gasteiger charge is -2.35. The number of ether oxygens (including phenoxy) is 1. The topological polar surface area (TPSA) is 94.0 Å². The number of quaternary nitrogens is 1. The fraction of sp³-hybridized carbons (Fsp3) is 0.259. The molecular weight excluding hydrogens is 570 g/mol. The van der Waals surface area contributed by atoms with Crippen molar-refractivity contribution in [1.82, 2.24) is 9.88 Å². The number of hydrogen-bond donors (Lipinski definition) is 3. The molecule has 3 aromatic rings. The molecular formula is C27H26Cl2F3N5O3. The van der Waals surface area contributed by atoms with Crippen molar-refractivity contribution in [1.29, 1.82) is 0 Å². The maximum Gasteiger partial charge on any atom is 0.417 e. The monoisotopic (exact) mass is 595 g/mol. The summed E-state index contributed by atoms with van der Waals surface area (Å²) in [5.74, 6) is -0.165. The normalized spacial score (nSPS) is 16.9. The van der Waals surface area contributed by atoms with E-state index in [1.54, 1.807) is 12.1 Å². The Morgan fingerprint density at radius 3 is 2.52 bits per heavy atom. The summed E-state index contributed by atoms with van der Waals surface area (Å²) in [6.07, 6.45) is -3.99. The van der Waals surface area contributed by atoms with Crippen molar-refractivity contribution in [3.63, 3.8) is 0 Å². The van der Waals surface area contributed by atoms with Gasteiger partial charge in [0.1, 0.15) is 17.2 Å². The van der Waals surface area contributed by atoms with Crippen LogP contribution < -0.4 is 15.7 Å². The highest BCUT2D eigenvalue weighted by Gasteiger charge is 2.34. The summed E-state index contributed by atoms with van der Waals surface area (Å²) in [6.45, 7) is 1.48. The van der Waals surface area contributed by atoms with Crippen LogP contribution in [0.3, 0.4) is 0 Å². The van der Waals surface area contributed by atoms with Gasteiger partial charge in [0.2, 0.25) is 6.23 Å². The van der Waals surface area contributed by atoms with Crippen molar-refractivity contribution >= 4 is 52.4 Å². The molecule has 2 unspecified atom stereocenters. The van der Waals surface area contributed by atoms with Crippen molar-refractivity contribution in [2.24, 2.45) is 0 Å². The fourth-order valence-corrected chi connectivity index (χ4v) is 4.65. The Kier molecular flexibility index (Phi) is 9.03. The summed E-state index contributed by atoms with van der Waals surface area (Å²) in [5, 5.41) is 18.4. The molecule has 0 bridgehead atoms. The SMILES string of the molecule is COC1c2nc(NCCN(C)C)ccc2C=C(c2ccc(NC(=O)c3ccc(Cl)c(C(F)(F)F)c3)cc2Cl)[NH+]1[O-]. The third-order valence-corrected chi connectivity index (χ3v) is 6.80. The molecule has 1 amide bonds. The molecule has 40 heavy (non-hydrogen) atoms. The van der Waals surface area contributed by atoms with Crippen LogP contribution in [0.1, 0.15) is 39.0 Å². The first-order valence-corrected chi connectivity index (χ1v) is 12.8. The van der Waals surface area contributed by atoms with Crippen LogP contribution in [0.4, 0.5) is 24.7 Å². The molecule has 2 atom stereocenters. The number of pyridine rings is 1. The average Bonchev–Trinajstić information content (AvgIpc) is 2.88. The van der Waals surface area contributed by atoms with Gasteiger partial charge in [-0.2, -0.15) is 13.2 Å². The van der Waals surface area contributed by atoms with E-state index in [4.69, 9.17) is 27.9 Å². The second kappa shape index (κ2) is 12.1. The van der Waals surface area contributed by atoms with Gasteiger partial charge in [0.15, 0.2) is 0 Å². The van der Waals surface area contributed by atoms with Crippen LogP contribution >= 0.6 is 23.2 Å². The van der Waals surface area contributed by atoms with Gasteiger partial charge in [-0.3, -0.25) is 4.79 Å². The number of rotatable bonds is 8. The number of carbonyl (C=O) groups excluding carboxylic acids is 1. The molecule has 212 valence electrons. The van der Waals surface area contributed by atoms with Gasteiger partial charge < -0.3 is 30.5 Å². The highest BCUT2D eigenvalue weighted by molar-refractivity contribution is 6.33. The van der Waals surface area contributed by atoms with Crippen molar-refractivity contribution in [2.45, 2.75) is 12.4 Å². The molecule has 13 heteroatoms. The Hall–Kier alpha value is -3.19. The van der Waals surface area contributed by atoms with Gasteiger partial charge in [0.25, 0.3) is 5.91 Å². The van der Waals surface area contributed by atoms with Gasteiger partial charge in [-0.15, -0.1) is 0 Å². The molecule has 2 aromatic carbocycles. The molecule has 8 nitrogen and oxygen atoms in total. The molecule has 3 N–H and O–H groups in total. The quantitative estimate of drug-likeness (QED) is 0.311. The zero-order valence-electron chi connectivity index (χ0n) is 21.7. The highest BCUT2D eigenvalue weighted by atomic mass is 35.5. The largest absolute Gasteiger partial charge is 0.627 e. The first kappa shape index (κ1) is 29.8. The number of fused-ring (bicyclic) bond motifs is 1. The number of hydrogen-bond acceptors (Lipinski definition) is 6. The van der Waals surface area contributed by atoms with E-state index in [1.807, 2.05) is 31.1 Å². The maximum atomic E-state index is 13.4. The number of halogens is 5. The van der Waals surface area contributed by atoms with Crippen LogP contribution in [0.5, 0.6) is 0 Å². The minimum atomic E-state index is -4.71. The highest BCUT2D eigenvalue weighted by Crippen LogP contribution is 2.36. The molecule has 0 saturated carbocycles. The molecule has 0 radical (unpaired) electrons. The number of nitrogens with one attached hydrogen (secondary N) is 3. The zero-order chi connectivity index (χ0) is 29.2. The Morgan fingerprint density at radius 1 is 1.12 bits per heavy atom. The van der Waals surface area contributed by atoms with Crippen LogP contribution in [0.2, 0.25) is 10.0 Å². The van der Waals surface area contributed by atoms with Gasteiger partial charge in [-0.25, -0.2) is 4.98 Å². The van der Waals surface area contributed by atoms with Crippen LogP contribution in [0, 0.1) is 5.21 Å². The smallest absolute Gasteiger partial charge is 0.417 e.